The van der Waals surface area contributed by atoms with Crippen LogP contribution in [0.3, 0.4) is 0 Å². The fourth-order valence-electron chi connectivity index (χ4n) is 1.88. The minimum absolute atomic E-state index is 0.0149. The molecular formula is C14H9NO2. The van der Waals surface area contributed by atoms with Gasteiger partial charge < -0.3 is 5.11 Å². The summed E-state index contributed by atoms with van der Waals surface area (Å²) in [7, 11) is 0. The van der Waals surface area contributed by atoms with Crippen LogP contribution in [0.2, 0.25) is 0 Å². The number of aromatic carboxylic acids is 1. The molecule has 0 saturated heterocycles. The van der Waals surface area contributed by atoms with Crippen molar-refractivity contribution in [2.24, 2.45) is 0 Å². The number of fused-ring (bicyclic) bond motifs is 1. The number of benzene rings is 2. The molecule has 17 heavy (non-hydrogen) atoms. The molecule has 0 radical (unpaired) electrons. The van der Waals surface area contributed by atoms with Gasteiger partial charge in [0, 0.05) is 5.56 Å². The molecular weight excluding hydrogens is 214 g/mol. The third-order valence-corrected chi connectivity index (χ3v) is 2.64. The maximum atomic E-state index is 11.1. The third kappa shape index (κ3) is 1.66. The number of hydrogen-bond donors (Lipinski definition) is 1. The molecule has 0 unspecified atom stereocenters. The van der Waals surface area contributed by atoms with Gasteiger partial charge in [0.15, 0.2) is 0 Å². The molecule has 0 bridgehead atoms. The Morgan fingerprint density at radius 2 is 2.12 bits per heavy atom. The van der Waals surface area contributed by atoms with Gasteiger partial charge in [-0.2, -0.15) is 5.26 Å². The van der Waals surface area contributed by atoms with Crippen molar-refractivity contribution in [2.45, 2.75) is 0 Å². The van der Waals surface area contributed by atoms with Crippen LogP contribution in [0.5, 0.6) is 0 Å². The summed E-state index contributed by atoms with van der Waals surface area (Å²) in [5, 5.41) is 19.8. The molecule has 0 aliphatic heterocycles. The van der Waals surface area contributed by atoms with Crippen LogP contribution in [0, 0.1) is 11.3 Å². The molecule has 2 aromatic carbocycles. The van der Waals surface area contributed by atoms with E-state index in [-0.39, 0.29) is 11.1 Å². The van der Waals surface area contributed by atoms with Crippen molar-refractivity contribution in [3.8, 4) is 6.07 Å². The van der Waals surface area contributed by atoms with Crippen LogP contribution in [0.4, 0.5) is 0 Å². The first kappa shape index (κ1) is 10.9. The van der Waals surface area contributed by atoms with E-state index in [1.54, 1.807) is 0 Å². The Morgan fingerprint density at radius 1 is 1.41 bits per heavy atom. The summed E-state index contributed by atoms with van der Waals surface area (Å²) in [4.78, 5) is 11.1. The smallest absolute Gasteiger partial charge is 0.337 e. The van der Waals surface area contributed by atoms with Crippen LogP contribution in [-0.4, -0.2) is 11.1 Å². The van der Waals surface area contributed by atoms with Gasteiger partial charge in [-0.05, 0) is 16.8 Å². The summed E-state index contributed by atoms with van der Waals surface area (Å²) < 4.78 is 0. The molecule has 1 N–H and O–H groups in total. The molecule has 82 valence electrons. The molecule has 3 nitrogen and oxygen atoms in total. The lowest BCUT2D eigenvalue weighted by molar-refractivity contribution is 0.0696. The SMILES string of the molecule is C=Cc1c(C#N)c(C(=O)O)cc2ccccc12. The quantitative estimate of drug-likeness (QED) is 0.851. The minimum Gasteiger partial charge on any atom is -0.478 e. The Balaban J connectivity index is 3.00. The second kappa shape index (κ2) is 4.11. The van der Waals surface area contributed by atoms with Gasteiger partial charge in [0.1, 0.15) is 6.07 Å². The van der Waals surface area contributed by atoms with E-state index in [1.165, 1.54) is 12.1 Å². The predicted octanol–water partition coefficient (Wildman–Crippen LogP) is 3.05. The molecule has 0 spiro atoms. The largest absolute Gasteiger partial charge is 0.478 e. The molecule has 2 aromatic rings. The number of hydrogen-bond acceptors (Lipinski definition) is 2. The molecule has 0 heterocycles. The molecule has 0 saturated carbocycles. The van der Waals surface area contributed by atoms with Crippen molar-refractivity contribution in [1.82, 2.24) is 0 Å². The van der Waals surface area contributed by atoms with Crippen LogP contribution < -0.4 is 0 Å². The van der Waals surface area contributed by atoms with E-state index in [1.807, 2.05) is 30.3 Å². The molecule has 0 aliphatic carbocycles. The van der Waals surface area contributed by atoms with Crippen molar-refractivity contribution in [3.63, 3.8) is 0 Å². The predicted molar refractivity (Wildman–Crippen MR) is 65.7 cm³/mol. The van der Waals surface area contributed by atoms with E-state index >= 15 is 0 Å². The van der Waals surface area contributed by atoms with Gasteiger partial charge in [0.25, 0.3) is 0 Å². The minimum atomic E-state index is -1.10. The highest BCUT2D eigenvalue weighted by Gasteiger charge is 2.15. The van der Waals surface area contributed by atoms with Gasteiger partial charge >= 0.3 is 5.97 Å². The zero-order chi connectivity index (χ0) is 12.4. The topological polar surface area (TPSA) is 61.1 Å². The van der Waals surface area contributed by atoms with Gasteiger partial charge in [0.2, 0.25) is 0 Å². The average molecular weight is 223 g/mol. The Labute approximate surface area is 98.2 Å². The average Bonchev–Trinajstić information content (AvgIpc) is 2.36. The Morgan fingerprint density at radius 3 is 2.71 bits per heavy atom. The van der Waals surface area contributed by atoms with Gasteiger partial charge in [-0.15, -0.1) is 0 Å². The van der Waals surface area contributed by atoms with Crippen molar-refractivity contribution in [2.75, 3.05) is 0 Å². The number of carbonyl (C=O) groups is 1. The maximum Gasteiger partial charge on any atom is 0.337 e. The van der Waals surface area contributed by atoms with E-state index < -0.39 is 5.97 Å². The molecule has 2 rings (SSSR count). The first-order valence-corrected chi connectivity index (χ1v) is 5.00. The fourth-order valence-corrected chi connectivity index (χ4v) is 1.88. The molecule has 0 atom stereocenters. The number of carboxylic acid groups (broad SMARTS) is 1. The fraction of sp³-hybridized carbons (Fsp3) is 0. The summed E-state index contributed by atoms with van der Waals surface area (Å²) in [6.45, 7) is 3.65. The van der Waals surface area contributed by atoms with Gasteiger partial charge in [-0.1, -0.05) is 36.9 Å². The van der Waals surface area contributed by atoms with E-state index in [2.05, 4.69) is 6.58 Å². The molecule has 0 fully saturated rings. The highest BCUT2D eigenvalue weighted by atomic mass is 16.4. The Kier molecular flexibility index (Phi) is 2.63. The normalized spacial score (nSPS) is 9.82. The van der Waals surface area contributed by atoms with Crippen molar-refractivity contribution >= 4 is 22.8 Å². The van der Waals surface area contributed by atoms with Crippen LogP contribution in [0.15, 0.2) is 36.9 Å². The summed E-state index contributed by atoms with van der Waals surface area (Å²) in [6.07, 6.45) is 1.52. The molecule has 0 aliphatic rings. The first-order valence-electron chi connectivity index (χ1n) is 5.00. The van der Waals surface area contributed by atoms with Gasteiger partial charge in [-0.25, -0.2) is 4.79 Å². The van der Waals surface area contributed by atoms with E-state index in [0.717, 1.165) is 10.8 Å². The van der Waals surface area contributed by atoms with Crippen molar-refractivity contribution < 1.29 is 9.90 Å². The van der Waals surface area contributed by atoms with Crippen LogP contribution >= 0.6 is 0 Å². The van der Waals surface area contributed by atoms with Crippen molar-refractivity contribution in [1.29, 1.82) is 5.26 Å². The highest BCUT2D eigenvalue weighted by Crippen LogP contribution is 2.26. The zero-order valence-electron chi connectivity index (χ0n) is 8.97. The highest BCUT2D eigenvalue weighted by molar-refractivity contribution is 6.02. The molecule has 3 heteroatoms. The van der Waals surface area contributed by atoms with E-state index in [0.29, 0.717) is 5.56 Å². The van der Waals surface area contributed by atoms with E-state index in [4.69, 9.17) is 10.4 Å². The monoisotopic (exact) mass is 223 g/mol. The zero-order valence-corrected chi connectivity index (χ0v) is 8.97. The van der Waals surface area contributed by atoms with E-state index in [9.17, 15) is 4.79 Å². The first-order chi connectivity index (χ1) is 8.19. The Hall–Kier alpha value is -2.60. The number of nitrogens with zero attached hydrogens (tertiary/aromatic N) is 1. The third-order valence-electron chi connectivity index (χ3n) is 2.64. The van der Waals surface area contributed by atoms with Crippen LogP contribution in [0.25, 0.3) is 16.8 Å². The summed E-state index contributed by atoms with van der Waals surface area (Å²) >= 11 is 0. The Bertz CT molecular complexity index is 666. The van der Waals surface area contributed by atoms with Gasteiger partial charge in [0.05, 0.1) is 11.1 Å². The summed E-state index contributed by atoms with van der Waals surface area (Å²) in [5.41, 5.74) is 0.746. The standard InChI is InChI=1S/C14H9NO2/c1-2-10-11-6-4-3-5-9(11)7-12(14(16)17)13(10)8-15/h2-7H,1H2,(H,16,17). The second-order valence-corrected chi connectivity index (χ2v) is 3.56. The lowest BCUT2D eigenvalue weighted by atomic mass is 9.95. The summed E-state index contributed by atoms with van der Waals surface area (Å²) in [5.74, 6) is -1.10. The number of nitriles is 1. The lowest BCUT2D eigenvalue weighted by Crippen LogP contribution is -2.02. The lowest BCUT2D eigenvalue weighted by Gasteiger charge is -2.07. The van der Waals surface area contributed by atoms with Crippen LogP contribution in [0.1, 0.15) is 21.5 Å². The van der Waals surface area contributed by atoms with Crippen LogP contribution in [-0.2, 0) is 0 Å². The number of carboxylic acids is 1. The molecule has 0 aromatic heterocycles. The second-order valence-electron chi connectivity index (χ2n) is 3.56. The summed E-state index contributed by atoms with van der Waals surface area (Å²) in [6, 6.07) is 10.8. The van der Waals surface area contributed by atoms with Crippen molar-refractivity contribution in [3.05, 3.63) is 53.6 Å². The maximum absolute atomic E-state index is 11.1. The molecule has 0 amide bonds. The van der Waals surface area contributed by atoms with Gasteiger partial charge in [-0.3, -0.25) is 0 Å². The number of rotatable bonds is 2.